The van der Waals surface area contributed by atoms with Crippen LogP contribution in [0, 0.1) is 0 Å². The molecule has 0 radical (unpaired) electrons. The van der Waals surface area contributed by atoms with E-state index < -0.39 is 32.5 Å². The molecule has 10 heteroatoms. The first-order valence-corrected chi connectivity index (χ1v) is 22.8. The van der Waals surface area contributed by atoms with Crippen LogP contribution in [-0.4, -0.2) is 70.0 Å². The van der Waals surface area contributed by atoms with E-state index in [1.807, 2.05) is 21.1 Å². The largest absolute Gasteiger partial charge is 0.756 e. The average Bonchev–Trinajstić information content (AvgIpc) is 3.12. The molecule has 9 nitrogen and oxygen atoms in total. The molecule has 0 aliphatic rings. The van der Waals surface area contributed by atoms with E-state index in [4.69, 9.17) is 18.5 Å². The highest BCUT2D eigenvalue weighted by atomic mass is 31.2. The molecule has 0 aromatic heterocycles. The molecule has 0 aromatic carbocycles. The number of quaternary nitrogens is 1. The molecule has 0 bridgehead atoms. The molecule has 0 aliphatic carbocycles. The van der Waals surface area contributed by atoms with Crippen LogP contribution >= 0.6 is 7.82 Å². The number of ether oxygens (including phenoxy) is 2. The van der Waals surface area contributed by atoms with Crippen LogP contribution in [0.5, 0.6) is 0 Å². The van der Waals surface area contributed by atoms with Crippen molar-refractivity contribution in [2.75, 3.05) is 47.5 Å². The summed E-state index contributed by atoms with van der Waals surface area (Å²) in [5.74, 6) is -0.900. The highest BCUT2D eigenvalue weighted by molar-refractivity contribution is 7.45. The molecular weight excluding hydrogens is 701 g/mol. The van der Waals surface area contributed by atoms with Crippen molar-refractivity contribution in [1.29, 1.82) is 0 Å². The van der Waals surface area contributed by atoms with E-state index >= 15 is 0 Å². The zero-order valence-corrected chi connectivity index (χ0v) is 36.0. The molecule has 0 rings (SSSR count). The fourth-order valence-corrected chi connectivity index (χ4v) is 6.20. The summed E-state index contributed by atoms with van der Waals surface area (Å²) in [4.78, 5) is 37.4. The third-order valence-electron chi connectivity index (χ3n) is 8.85. The minimum absolute atomic E-state index is 0.0395. The second kappa shape index (κ2) is 36.6. The van der Waals surface area contributed by atoms with E-state index in [0.717, 1.165) is 44.9 Å². The van der Waals surface area contributed by atoms with Gasteiger partial charge < -0.3 is 27.9 Å². The van der Waals surface area contributed by atoms with Gasteiger partial charge in [-0.05, 0) is 51.4 Å². The molecule has 0 amide bonds. The highest BCUT2D eigenvalue weighted by Gasteiger charge is 2.21. The van der Waals surface area contributed by atoms with E-state index in [0.29, 0.717) is 23.9 Å². The molecule has 2 atom stereocenters. The van der Waals surface area contributed by atoms with Gasteiger partial charge in [-0.3, -0.25) is 14.2 Å². The molecule has 2 unspecified atom stereocenters. The summed E-state index contributed by atoms with van der Waals surface area (Å²) in [5.41, 5.74) is 0. The maximum atomic E-state index is 12.6. The standard InChI is InChI=1S/C44H80NO8P/c1-6-8-10-12-14-16-18-20-21-22-23-25-26-28-30-32-34-36-43(46)50-40-42(41-52-54(48,49)51-39-38-45(3,4)5)53-44(47)37-35-33-31-29-27-24-19-17-15-13-11-9-7-2/h14,16,20-21,23,25,28,30,42H,6-13,15,17-19,22,24,26-27,29,31-41H2,1-5H3/b16-14-,21-20-,25-23-,30-28-. The SMILES string of the molecule is CCCCC/C=C\C/C=C\C/C=C\C/C=C\CCCC(=O)OCC(COP(=O)([O-])OCC[N+](C)(C)C)OC(=O)CCCCCCCCCCCCCCC. The van der Waals surface area contributed by atoms with Crippen LogP contribution in [0.3, 0.4) is 0 Å². The van der Waals surface area contributed by atoms with Crippen molar-refractivity contribution in [3.63, 3.8) is 0 Å². The van der Waals surface area contributed by atoms with Crippen LogP contribution in [-0.2, 0) is 32.7 Å². The summed E-state index contributed by atoms with van der Waals surface area (Å²) in [6.45, 7) is 4.13. The van der Waals surface area contributed by atoms with Gasteiger partial charge in [-0.25, -0.2) is 0 Å². The second-order valence-corrected chi connectivity index (χ2v) is 16.8. The number of likely N-dealkylation sites (N-methyl/N-ethyl adjacent to an activating group) is 1. The zero-order valence-electron chi connectivity index (χ0n) is 35.2. The Morgan fingerprint density at radius 2 is 1.02 bits per heavy atom. The van der Waals surface area contributed by atoms with Gasteiger partial charge in [0.1, 0.15) is 19.8 Å². The molecule has 314 valence electrons. The van der Waals surface area contributed by atoms with Crippen LogP contribution < -0.4 is 4.89 Å². The Morgan fingerprint density at radius 1 is 0.574 bits per heavy atom. The Hall–Kier alpha value is -2.03. The lowest BCUT2D eigenvalue weighted by molar-refractivity contribution is -0.870. The van der Waals surface area contributed by atoms with Crippen molar-refractivity contribution >= 4 is 19.8 Å². The first-order valence-electron chi connectivity index (χ1n) is 21.3. The number of phosphoric acid groups is 1. The van der Waals surface area contributed by atoms with Crippen molar-refractivity contribution in [3.05, 3.63) is 48.6 Å². The Labute approximate surface area is 331 Å². The lowest BCUT2D eigenvalue weighted by atomic mass is 10.0. The fraction of sp³-hybridized carbons (Fsp3) is 0.773. The van der Waals surface area contributed by atoms with Gasteiger partial charge in [0.25, 0.3) is 7.82 Å². The molecule has 0 heterocycles. The minimum Gasteiger partial charge on any atom is -0.756 e. The predicted molar refractivity (Wildman–Crippen MR) is 222 cm³/mol. The van der Waals surface area contributed by atoms with Gasteiger partial charge in [0.15, 0.2) is 6.10 Å². The molecular formula is C44H80NO8P. The van der Waals surface area contributed by atoms with Crippen molar-refractivity contribution in [2.45, 2.75) is 174 Å². The number of carbonyl (C=O) groups is 2. The third-order valence-corrected chi connectivity index (χ3v) is 9.82. The number of phosphoric ester groups is 1. The number of unbranched alkanes of at least 4 members (excludes halogenated alkanes) is 16. The summed E-state index contributed by atoms with van der Waals surface area (Å²) in [6.07, 6.45) is 41.4. The smallest absolute Gasteiger partial charge is 0.306 e. The van der Waals surface area contributed by atoms with Crippen LogP contribution in [0.25, 0.3) is 0 Å². The van der Waals surface area contributed by atoms with Gasteiger partial charge in [0, 0.05) is 12.8 Å². The van der Waals surface area contributed by atoms with E-state index in [1.165, 1.54) is 83.5 Å². The topological polar surface area (TPSA) is 111 Å². The Bertz CT molecular complexity index is 1070. The highest BCUT2D eigenvalue weighted by Crippen LogP contribution is 2.38. The molecule has 0 aliphatic heterocycles. The Kier molecular flexibility index (Phi) is 35.2. The molecule has 54 heavy (non-hydrogen) atoms. The van der Waals surface area contributed by atoms with Crippen LogP contribution in [0.15, 0.2) is 48.6 Å². The monoisotopic (exact) mass is 782 g/mol. The molecule has 0 saturated heterocycles. The van der Waals surface area contributed by atoms with E-state index in [1.54, 1.807) is 0 Å². The van der Waals surface area contributed by atoms with Gasteiger partial charge in [0.05, 0.1) is 27.7 Å². The van der Waals surface area contributed by atoms with E-state index in [-0.39, 0.29) is 26.1 Å². The second-order valence-electron chi connectivity index (χ2n) is 15.4. The Morgan fingerprint density at radius 3 is 1.54 bits per heavy atom. The normalized spacial score (nSPS) is 14.1. The average molecular weight is 782 g/mol. The number of nitrogens with zero attached hydrogens (tertiary/aromatic N) is 1. The molecule has 0 saturated carbocycles. The van der Waals surface area contributed by atoms with Gasteiger partial charge in [0.2, 0.25) is 0 Å². The summed E-state index contributed by atoms with van der Waals surface area (Å²) in [5, 5.41) is 0. The van der Waals surface area contributed by atoms with E-state index in [2.05, 4.69) is 62.5 Å². The molecule has 0 spiro atoms. The fourth-order valence-electron chi connectivity index (χ4n) is 5.47. The number of allylic oxidation sites excluding steroid dienone is 8. The quantitative estimate of drug-likeness (QED) is 0.0200. The Balaban J connectivity index is 4.47. The molecule has 0 N–H and O–H groups in total. The zero-order chi connectivity index (χ0) is 40.0. The van der Waals surface area contributed by atoms with Crippen LogP contribution in [0.1, 0.15) is 168 Å². The number of hydrogen-bond donors (Lipinski definition) is 0. The number of rotatable bonds is 38. The number of carbonyl (C=O) groups excluding carboxylic acids is 2. The van der Waals surface area contributed by atoms with Crippen molar-refractivity contribution in [3.8, 4) is 0 Å². The first-order chi connectivity index (χ1) is 26.0. The van der Waals surface area contributed by atoms with Crippen molar-refractivity contribution < 1.29 is 42.1 Å². The first kappa shape index (κ1) is 52.0. The van der Waals surface area contributed by atoms with Crippen LogP contribution in [0.4, 0.5) is 0 Å². The van der Waals surface area contributed by atoms with Crippen molar-refractivity contribution in [2.24, 2.45) is 0 Å². The minimum atomic E-state index is -4.63. The summed E-state index contributed by atoms with van der Waals surface area (Å²) in [7, 11) is 1.13. The van der Waals surface area contributed by atoms with Gasteiger partial charge in [-0.1, -0.05) is 152 Å². The summed E-state index contributed by atoms with van der Waals surface area (Å²) >= 11 is 0. The van der Waals surface area contributed by atoms with Crippen molar-refractivity contribution in [1.82, 2.24) is 0 Å². The number of hydrogen-bond acceptors (Lipinski definition) is 8. The molecule has 0 aromatic rings. The van der Waals surface area contributed by atoms with Gasteiger partial charge in [-0.2, -0.15) is 0 Å². The summed E-state index contributed by atoms with van der Waals surface area (Å²) in [6, 6.07) is 0. The lowest BCUT2D eigenvalue weighted by Crippen LogP contribution is -2.37. The maximum absolute atomic E-state index is 12.6. The maximum Gasteiger partial charge on any atom is 0.306 e. The van der Waals surface area contributed by atoms with Crippen LogP contribution in [0.2, 0.25) is 0 Å². The summed E-state index contributed by atoms with van der Waals surface area (Å²) < 4.78 is 33.8. The third kappa shape index (κ3) is 39.7. The lowest BCUT2D eigenvalue weighted by Gasteiger charge is -2.28. The number of esters is 2. The van der Waals surface area contributed by atoms with Gasteiger partial charge >= 0.3 is 11.9 Å². The predicted octanol–water partition coefficient (Wildman–Crippen LogP) is 11.3. The molecule has 0 fully saturated rings. The van der Waals surface area contributed by atoms with E-state index in [9.17, 15) is 19.0 Å². The van der Waals surface area contributed by atoms with Gasteiger partial charge in [-0.15, -0.1) is 0 Å².